The number of imidazole rings is 1. The number of hydrogen-bond acceptors (Lipinski definition) is 3. The normalized spacial score (nSPS) is 12.6. The lowest BCUT2D eigenvalue weighted by molar-refractivity contribution is 0.173. The van der Waals surface area contributed by atoms with Crippen LogP contribution < -0.4 is 5.32 Å². The number of nitrogens with one attached hydrogen (secondary N) is 1. The smallest absolute Gasteiger partial charge is 0.123 e. The van der Waals surface area contributed by atoms with Crippen molar-refractivity contribution in [3.8, 4) is 0 Å². The van der Waals surface area contributed by atoms with Crippen LogP contribution in [0, 0.1) is 5.82 Å². The molecule has 2 rings (SSSR count). The lowest BCUT2D eigenvalue weighted by atomic mass is 10.1. The van der Waals surface area contributed by atoms with E-state index in [1.54, 1.807) is 18.3 Å². The zero-order valence-corrected chi connectivity index (χ0v) is 10.2. The van der Waals surface area contributed by atoms with E-state index < -0.39 is 6.10 Å². The predicted molar refractivity (Wildman–Crippen MR) is 66.3 cm³/mol. The van der Waals surface area contributed by atoms with Crippen molar-refractivity contribution in [1.29, 1.82) is 0 Å². The minimum Gasteiger partial charge on any atom is -0.387 e. The van der Waals surface area contributed by atoms with Crippen molar-refractivity contribution < 1.29 is 9.50 Å². The second-order valence-electron chi connectivity index (χ2n) is 4.16. The minimum atomic E-state index is -0.721. The summed E-state index contributed by atoms with van der Waals surface area (Å²) in [5.41, 5.74) is 0.572. The number of aromatic nitrogens is 2. The quantitative estimate of drug-likeness (QED) is 0.841. The van der Waals surface area contributed by atoms with E-state index in [2.05, 4.69) is 10.3 Å². The molecule has 1 aromatic heterocycles. The fourth-order valence-corrected chi connectivity index (χ4v) is 1.72. The van der Waals surface area contributed by atoms with Crippen LogP contribution in [0.25, 0.3) is 0 Å². The Labute approximate surface area is 105 Å². The van der Waals surface area contributed by atoms with Crippen LogP contribution in [-0.4, -0.2) is 21.2 Å². The van der Waals surface area contributed by atoms with Gasteiger partial charge in [0.25, 0.3) is 0 Å². The first kappa shape index (κ1) is 12.7. The van der Waals surface area contributed by atoms with E-state index >= 15 is 0 Å². The van der Waals surface area contributed by atoms with Gasteiger partial charge in [-0.15, -0.1) is 0 Å². The molecule has 0 saturated heterocycles. The Morgan fingerprint density at radius 3 is 3.00 bits per heavy atom. The Balaban J connectivity index is 1.85. The highest BCUT2D eigenvalue weighted by atomic mass is 19.1. The first-order chi connectivity index (χ1) is 8.66. The summed E-state index contributed by atoms with van der Waals surface area (Å²) in [4.78, 5) is 4.16. The summed E-state index contributed by atoms with van der Waals surface area (Å²) < 4.78 is 14.9. The van der Waals surface area contributed by atoms with Crippen molar-refractivity contribution in [3.63, 3.8) is 0 Å². The Kier molecular flexibility index (Phi) is 4.07. The van der Waals surface area contributed by atoms with Crippen molar-refractivity contribution in [2.24, 2.45) is 7.05 Å². The molecule has 2 N–H and O–H groups in total. The maximum absolute atomic E-state index is 13.0. The topological polar surface area (TPSA) is 50.1 Å². The zero-order chi connectivity index (χ0) is 13.0. The second kappa shape index (κ2) is 5.75. The van der Waals surface area contributed by atoms with Gasteiger partial charge in [0.15, 0.2) is 0 Å². The molecular formula is C13H16FN3O. The minimum absolute atomic E-state index is 0.337. The molecule has 0 aliphatic carbocycles. The number of benzene rings is 1. The molecule has 0 fully saturated rings. The van der Waals surface area contributed by atoms with E-state index in [4.69, 9.17) is 0 Å². The molecule has 1 atom stereocenters. The van der Waals surface area contributed by atoms with E-state index in [9.17, 15) is 9.50 Å². The first-order valence-corrected chi connectivity index (χ1v) is 5.77. The standard InChI is InChI=1S/C13H16FN3O/c1-17-6-5-16-13(17)9-15-8-12(18)10-3-2-4-11(14)7-10/h2-7,12,15,18H,8-9H2,1H3. The molecule has 2 aromatic rings. The molecule has 1 heterocycles. The van der Waals surface area contributed by atoms with E-state index in [0.29, 0.717) is 18.7 Å². The van der Waals surface area contributed by atoms with E-state index in [1.807, 2.05) is 17.8 Å². The monoisotopic (exact) mass is 249 g/mol. The number of aryl methyl sites for hydroxylation is 1. The lowest BCUT2D eigenvalue weighted by Gasteiger charge is -2.12. The third kappa shape index (κ3) is 3.15. The summed E-state index contributed by atoms with van der Waals surface area (Å²) in [5, 5.41) is 13.0. The average molecular weight is 249 g/mol. The first-order valence-electron chi connectivity index (χ1n) is 5.77. The van der Waals surface area contributed by atoms with Gasteiger partial charge in [0.05, 0.1) is 12.6 Å². The van der Waals surface area contributed by atoms with Gasteiger partial charge in [0.1, 0.15) is 11.6 Å². The van der Waals surface area contributed by atoms with E-state index in [1.165, 1.54) is 12.1 Å². The largest absolute Gasteiger partial charge is 0.387 e. The van der Waals surface area contributed by atoms with Gasteiger partial charge in [-0.3, -0.25) is 0 Å². The van der Waals surface area contributed by atoms with E-state index in [0.717, 1.165) is 5.82 Å². The molecule has 18 heavy (non-hydrogen) atoms. The van der Waals surface area contributed by atoms with Gasteiger partial charge in [-0.05, 0) is 17.7 Å². The Morgan fingerprint density at radius 1 is 1.50 bits per heavy atom. The molecule has 0 spiro atoms. The van der Waals surface area contributed by atoms with Crippen LogP contribution in [0.3, 0.4) is 0 Å². The van der Waals surface area contributed by atoms with Gasteiger partial charge in [0, 0.05) is 26.0 Å². The summed E-state index contributed by atoms with van der Waals surface area (Å²) in [7, 11) is 1.91. The third-order valence-corrected chi connectivity index (χ3v) is 2.78. The number of hydrogen-bond donors (Lipinski definition) is 2. The van der Waals surface area contributed by atoms with Crippen molar-refractivity contribution in [2.75, 3.05) is 6.54 Å². The molecule has 4 nitrogen and oxygen atoms in total. The summed E-state index contributed by atoms with van der Waals surface area (Å²) in [6.45, 7) is 0.923. The summed E-state index contributed by atoms with van der Waals surface area (Å²) in [6.07, 6.45) is 2.86. The van der Waals surface area contributed by atoms with Crippen LogP contribution in [-0.2, 0) is 13.6 Å². The molecule has 5 heteroatoms. The SMILES string of the molecule is Cn1ccnc1CNCC(O)c1cccc(F)c1. The third-order valence-electron chi connectivity index (χ3n) is 2.78. The summed E-state index contributed by atoms with van der Waals surface area (Å²) in [5.74, 6) is 0.553. The predicted octanol–water partition coefficient (Wildman–Crippen LogP) is 1.38. The van der Waals surface area contributed by atoms with Crippen molar-refractivity contribution in [2.45, 2.75) is 12.6 Å². The molecule has 0 aliphatic heterocycles. The van der Waals surface area contributed by atoms with Gasteiger partial charge in [-0.1, -0.05) is 12.1 Å². The van der Waals surface area contributed by atoms with Crippen LogP contribution in [0.15, 0.2) is 36.7 Å². The van der Waals surface area contributed by atoms with E-state index in [-0.39, 0.29) is 5.82 Å². The number of halogens is 1. The molecule has 0 radical (unpaired) electrons. The molecule has 0 amide bonds. The molecular weight excluding hydrogens is 233 g/mol. The van der Waals surface area contributed by atoms with Crippen LogP contribution in [0.2, 0.25) is 0 Å². The molecule has 0 aliphatic rings. The maximum atomic E-state index is 13.0. The lowest BCUT2D eigenvalue weighted by Crippen LogP contribution is -2.22. The average Bonchev–Trinajstić information content (AvgIpc) is 2.75. The fraction of sp³-hybridized carbons (Fsp3) is 0.308. The molecule has 0 bridgehead atoms. The zero-order valence-electron chi connectivity index (χ0n) is 10.2. The summed E-state index contributed by atoms with van der Waals surface area (Å²) >= 11 is 0. The van der Waals surface area contributed by atoms with Gasteiger partial charge in [-0.2, -0.15) is 0 Å². The second-order valence-corrected chi connectivity index (χ2v) is 4.16. The Morgan fingerprint density at radius 2 is 2.33 bits per heavy atom. The number of aliphatic hydroxyl groups excluding tert-OH is 1. The number of nitrogens with zero attached hydrogens (tertiary/aromatic N) is 2. The molecule has 1 aromatic carbocycles. The Bertz CT molecular complexity index is 512. The molecule has 1 unspecified atom stereocenters. The van der Waals surface area contributed by atoms with Crippen LogP contribution in [0.4, 0.5) is 4.39 Å². The van der Waals surface area contributed by atoms with Gasteiger partial charge >= 0.3 is 0 Å². The van der Waals surface area contributed by atoms with Gasteiger partial charge in [-0.25, -0.2) is 9.37 Å². The van der Waals surface area contributed by atoms with Crippen molar-refractivity contribution in [1.82, 2.24) is 14.9 Å². The van der Waals surface area contributed by atoms with Gasteiger partial charge in [0.2, 0.25) is 0 Å². The highest BCUT2D eigenvalue weighted by molar-refractivity contribution is 5.18. The van der Waals surface area contributed by atoms with Crippen molar-refractivity contribution >= 4 is 0 Å². The fourth-order valence-electron chi connectivity index (χ4n) is 1.72. The Hall–Kier alpha value is -1.72. The maximum Gasteiger partial charge on any atom is 0.123 e. The van der Waals surface area contributed by atoms with Crippen LogP contribution in [0.1, 0.15) is 17.5 Å². The van der Waals surface area contributed by atoms with Crippen LogP contribution >= 0.6 is 0 Å². The van der Waals surface area contributed by atoms with Crippen molar-refractivity contribution in [3.05, 3.63) is 53.9 Å². The molecule has 96 valence electrons. The highest BCUT2D eigenvalue weighted by Crippen LogP contribution is 2.13. The number of rotatable bonds is 5. The van der Waals surface area contributed by atoms with Crippen LogP contribution in [0.5, 0.6) is 0 Å². The van der Waals surface area contributed by atoms with Gasteiger partial charge < -0.3 is 15.0 Å². The highest BCUT2D eigenvalue weighted by Gasteiger charge is 2.08. The number of aliphatic hydroxyl groups is 1. The molecule has 0 saturated carbocycles. The summed E-state index contributed by atoms with van der Waals surface area (Å²) in [6, 6.07) is 5.99.